The molecule has 1 unspecified atom stereocenters. The molecule has 20 heavy (non-hydrogen) atoms. The van der Waals surface area contributed by atoms with Gasteiger partial charge < -0.3 is 10.5 Å². The van der Waals surface area contributed by atoms with Gasteiger partial charge in [0.25, 0.3) is 0 Å². The van der Waals surface area contributed by atoms with Gasteiger partial charge in [0.05, 0.1) is 19.3 Å². The highest BCUT2D eigenvalue weighted by atomic mass is 35.5. The molecule has 0 aliphatic rings. The van der Waals surface area contributed by atoms with E-state index in [1.54, 1.807) is 13.3 Å². The number of halogens is 1. The smallest absolute Gasteiger partial charge is 0.161 e. The molecule has 1 atom stereocenters. The van der Waals surface area contributed by atoms with E-state index in [0.29, 0.717) is 10.8 Å². The maximum absolute atomic E-state index is 6.45. The lowest BCUT2D eigenvalue weighted by Crippen LogP contribution is -2.20. The van der Waals surface area contributed by atoms with E-state index in [-0.39, 0.29) is 12.1 Å². The van der Waals surface area contributed by atoms with Crippen molar-refractivity contribution in [2.45, 2.75) is 32.9 Å². The Morgan fingerprint density at radius 3 is 2.65 bits per heavy atom. The van der Waals surface area contributed by atoms with E-state index in [4.69, 9.17) is 22.1 Å². The summed E-state index contributed by atoms with van der Waals surface area (Å²) in [5.41, 5.74) is 9.29. The first kappa shape index (κ1) is 14.9. The van der Waals surface area contributed by atoms with E-state index in [2.05, 4.69) is 18.9 Å². The molecular weight excluding hydrogens is 274 g/mol. The zero-order valence-electron chi connectivity index (χ0n) is 12.2. The Bertz CT molecular complexity index is 607. The average molecular weight is 294 g/mol. The Labute approximate surface area is 124 Å². The van der Waals surface area contributed by atoms with Crippen LogP contribution in [0.3, 0.4) is 0 Å². The molecule has 1 heterocycles. The average Bonchev–Trinajstić information content (AvgIpc) is 2.85. The van der Waals surface area contributed by atoms with Gasteiger partial charge in [-0.2, -0.15) is 5.10 Å². The van der Waals surface area contributed by atoms with Crippen LogP contribution in [-0.4, -0.2) is 16.9 Å². The highest BCUT2D eigenvalue weighted by Gasteiger charge is 2.23. The third-order valence-electron chi connectivity index (χ3n) is 3.45. The Morgan fingerprint density at radius 1 is 1.35 bits per heavy atom. The van der Waals surface area contributed by atoms with E-state index in [0.717, 1.165) is 16.8 Å². The second-order valence-electron chi connectivity index (χ2n) is 5.07. The molecule has 1 aromatic heterocycles. The molecule has 0 aliphatic heterocycles. The Hall–Kier alpha value is -1.52. The van der Waals surface area contributed by atoms with Crippen molar-refractivity contribution in [2.75, 3.05) is 7.11 Å². The van der Waals surface area contributed by atoms with Crippen molar-refractivity contribution in [3.05, 3.63) is 46.2 Å². The van der Waals surface area contributed by atoms with E-state index >= 15 is 0 Å². The summed E-state index contributed by atoms with van der Waals surface area (Å²) >= 11 is 6.19. The third kappa shape index (κ3) is 2.53. The van der Waals surface area contributed by atoms with Gasteiger partial charge in [-0.05, 0) is 38.0 Å². The van der Waals surface area contributed by atoms with Crippen LogP contribution in [0.15, 0.2) is 24.4 Å². The largest absolute Gasteiger partial charge is 0.493 e. The van der Waals surface area contributed by atoms with Crippen molar-refractivity contribution >= 4 is 11.6 Å². The topological polar surface area (TPSA) is 53.1 Å². The molecular formula is C15H20ClN3O. The molecule has 1 aromatic carbocycles. The number of nitrogens with two attached hydrogens (primary N) is 1. The van der Waals surface area contributed by atoms with E-state index in [1.807, 2.05) is 29.8 Å². The SMILES string of the molecule is COc1cnn(C(C)C)c1C(N)c1cccc(Cl)c1C. The van der Waals surface area contributed by atoms with Crippen LogP contribution in [0.25, 0.3) is 0 Å². The predicted molar refractivity (Wildman–Crippen MR) is 81.4 cm³/mol. The van der Waals surface area contributed by atoms with E-state index < -0.39 is 0 Å². The number of nitrogens with zero attached hydrogens (tertiary/aromatic N) is 2. The summed E-state index contributed by atoms with van der Waals surface area (Å²) in [5.74, 6) is 0.700. The summed E-state index contributed by atoms with van der Waals surface area (Å²) in [5, 5.41) is 5.08. The van der Waals surface area contributed by atoms with E-state index in [1.165, 1.54) is 0 Å². The van der Waals surface area contributed by atoms with Gasteiger partial charge in [-0.1, -0.05) is 23.7 Å². The summed E-state index contributed by atoms with van der Waals surface area (Å²) < 4.78 is 7.29. The van der Waals surface area contributed by atoms with Gasteiger partial charge in [-0.3, -0.25) is 4.68 Å². The molecule has 0 saturated carbocycles. The summed E-state index contributed by atoms with van der Waals surface area (Å²) in [6.45, 7) is 6.10. The van der Waals surface area contributed by atoms with Gasteiger partial charge in [0.15, 0.2) is 5.75 Å². The maximum Gasteiger partial charge on any atom is 0.161 e. The van der Waals surface area contributed by atoms with Gasteiger partial charge in [0.1, 0.15) is 5.69 Å². The lowest BCUT2D eigenvalue weighted by atomic mass is 9.99. The fourth-order valence-electron chi connectivity index (χ4n) is 2.33. The zero-order valence-corrected chi connectivity index (χ0v) is 13.0. The van der Waals surface area contributed by atoms with Crippen LogP contribution in [0.5, 0.6) is 5.75 Å². The van der Waals surface area contributed by atoms with Gasteiger partial charge in [-0.25, -0.2) is 0 Å². The third-order valence-corrected chi connectivity index (χ3v) is 3.86. The Balaban J connectivity index is 2.55. The number of hydrogen-bond acceptors (Lipinski definition) is 3. The molecule has 0 amide bonds. The first-order chi connectivity index (χ1) is 9.47. The van der Waals surface area contributed by atoms with Crippen LogP contribution < -0.4 is 10.5 Å². The molecule has 2 aromatic rings. The lowest BCUT2D eigenvalue weighted by Gasteiger charge is -2.20. The first-order valence-electron chi connectivity index (χ1n) is 6.59. The summed E-state index contributed by atoms with van der Waals surface area (Å²) in [4.78, 5) is 0. The standard InChI is InChI=1S/C15H20ClN3O/c1-9(2)19-15(13(20-4)8-18-19)14(17)11-6-5-7-12(16)10(11)3/h5-9,14H,17H2,1-4H3. The molecule has 0 aliphatic carbocycles. The zero-order chi connectivity index (χ0) is 14.9. The van der Waals surface area contributed by atoms with Crippen molar-refractivity contribution in [3.63, 3.8) is 0 Å². The molecule has 0 spiro atoms. The fourth-order valence-corrected chi connectivity index (χ4v) is 2.51. The minimum Gasteiger partial charge on any atom is -0.493 e. The molecule has 5 heteroatoms. The summed E-state index contributed by atoms with van der Waals surface area (Å²) in [6, 6.07) is 5.65. The minimum atomic E-state index is -0.325. The van der Waals surface area contributed by atoms with Crippen LogP contribution in [-0.2, 0) is 0 Å². The van der Waals surface area contributed by atoms with Crippen LogP contribution in [0.4, 0.5) is 0 Å². The number of aromatic nitrogens is 2. The monoisotopic (exact) mass is 293 g/mol. The molecule has 0 radical (unpaired) electrons. The Kier molecular flexibility index (Phi) is 4.35. The van der Waals surface area contributed by atoms with Crippen molar-refractivity contribution in [3.8, 4) is 5.75 Å². The van der Waals surface area contributed by atoms with Gasteiger partial charge >= 0.3 is 0 Å². The summed E-state index contributed by atoms with van der Waals surface area (Å²) in [6.07, 6.45) is 1.70. The number of methoxy groups -OCH3 is 1. The fraction of sp³-hybridized carbons (Fsp3) is 0.400. The normalized spacial score (nSPS) is 12.8. The van der Waals surface area contributed by atoms with Crippen LogP contribution in [0.1, 0.15) is 42.8 Å². The van der Waals surface area contributed by atoms with Crippen molar-refractivity contribution < 1.29 is 4.74 Å². The van der Waals surface area contributed by atoms with E-state index in [9.17, 15) is 0 Å². The maximum atomic E-state index is 6.45. The lowest BCUT2D eigenvalue weighted by molar-refractivity contribution is 0.401. The summed E-state index contributed by atoms with van der Waals surface area (Å²) in [7, 11) is 1.63. The predicted octanol–water partition coefficient (Wildman–Crippen LogP) is 3.48. The molecule has 0 saturated heterocycles. The second kappa shape index (κ2) is 5.85. The van der Waals surface area contributed by atoms with Crippen molar-refractivity contribution in [2.24, 2.45) is 5.73 Å². The number of rotatable bonds is 4. The molecule has 2 rings (SSSR count). The highest BCUT2D eigenvalue weighted by molar-refractivity contribution is 6.31. The number of benzene rings is 1. The molecule has 0 fully saturated rings. The van der Waals surface area contributed by atoms with Gasteiger partial charge in [0, 0.05) is 11.1 Å². The molecule has 2 N–H and O–H groups in total. The molecule has 108 valence electrons. The quantitative estimate of drug-likeness (QED) is 0.939. The van der Waals surface area contributed by atoms with Crippen LogP contribution in [0, 0.1) is 6.92 Å². The van der Waals surface area contributed by atoms with Crippen molar-refractivity contribution in [1.82, 2.24) is 9.78 Å². The Morgan fingerprint density at radius 2 is 2.05 bits per heavy atom. The molecule has 0 bridgehead atoms. The van der Waals surface area contributed by atoms with Crippen molar-refractivity contribution in [1.29, 1.82) is 0 Å². The van der Waals surface area contributed by atoms with Gasteiger partial charge in [0.2, 0.25) is 0 Å². The van der Waals surface area contributed by atoms with Crippen LogP contribution >= 0.6 is 11.6 Å². The highest BCUT2D eigenvalue weighted by Crippen LogP contribution is 2.33. The number of hydrogen-bond donors (Lipinski definition) is 1. The second-order valence-corrected chi connectivity index (χ2v) is 5.48. The number of ether oxygens (including phenoxy) is 1. The van der Waals surface area contributed by atoms with Gasteiger partial charge in [-0.15, -0.1) is 0 Å². The van der Waals surface area contributed by atoms with Crippen LogP contribution in [0.2, 0.25) is 5.02 Å². The minimum absolute atomic E-state index is 0.208. The molecule has 4 nitrogen and oxygen atoms in total. The first-order valence-corrected chi connectivity index (χ1v) is 6.97.